The summed E-state index contributed by atoms with van der Waals surface area (Å²) in [5.41, 5.74) is -1.82. The highest BCUT2D eigenvalue weighted by Gasteiger charge is 2.33. The topological polar surface area (TPSA) is 88.5 Å². The van der Waals surface area contributed by atoms with E-state index >= 15 is 0 Å². The van der Waals surface area contributed by atoms with Crippen LogP contribution in [0, 0.1) is 6.92 Å². The lowest BCUT2D eigenvalue weighted by atomic mass is 10.1. The maximum absolute atomic E-state index is 12.6. The Kier molecular flexibility index (Phi) is 6.53. The molecule has 0 spiro atoms. The van der Waals surface area contributed by atoms with Gasteiger partial charge in [0.15, 0.2) is 0 Å². The number of amides is 1. The van der Waals surface area contributed by atoms with E-state index in [9.17, 15) is 27.9 Å². The first-order valence-corrected chi connectivity index (χ1v) is 7.54. The highest BCUT2D eigenvalue weighted by atomic mass is 19.4. The van der Waals surface area contributed by atoms with Crippen LogP contribution in [0.5, 0.6) is 0 Å². The Morgan fingerprint density at radius 3 is 2.32 bits per heavy atom. The zero-order valence-corrected chi connectivity index (χ0v) is 14.4. The molecule has 9 heteroatoms. The molecule has 1 unspecified atom stereocenters. The summed E-state index contributed by atoms with van der Waals surface area (Å²) in [6.45, 7) is 6.77. The summed E-state index contributed by atoms with van der Waals surface area (Å²) in [6.07, 6.45) is -4.60. The molecule has 1 rings (SSSR count). The summed E-state index contributed by atoms with van der Waals surface area (Å²) < 4.78 is 43.2. The molecule has 25 heavy (non-hydrogen) atoms. The quantitative estimate of drug-likeness (QED) is 0.812. The normalized spacial score (nSPS) is 13.4. The molecule has 1 atom stereocenters. The molecule has 0 aromatic carbocycles. The van der Waals surface area contributed by atoms with Crippen molar-refractivity contribution < 1.29 is 32.6 Å². The van der Waals surface area contributed by atoms with Crippen LogP contribution in [-0.2, 0) is 15.7 Å². The molecule has 0 aliphatic heterocycles. The van der Waals surface area contributed by atoms with E-state index in [1.165, 1.54) is 6.92 Å². The van der Waals surface area contributed by atoms with E-state index < -0.39 is 35.4 Å². The largest absolute Gasteiger partial charge is 0.480 e. The minimum Gasteiger partial charge on any atom is -0.480 e. The van der Waals surface area contributed by atoms with Crippen LogP contribution in [0.2, 0.25) is 0 Å². The Labute approximate surface area is 143 Å². The number of carboxylic acids is 1. The van der Waals surface area contributed by atoms with Gasteiger partial charge in [0, 0.05) is 13.0 Å². The SMILES string of the molecule is Cc1nc(C(F)(F)F)ccc1C(=O)NC(CCOC(C)(C)C)C(=O)O. The number of ether oxygens (including phenoxy) is 1. The van der Waals surface area contributed by atoms with Crippen LogP contribution in [-0.4, -0.2) is 40.2 Å². The van der Waals surface area contributed by atoms with Crippen molar-refractivity contribution in [3.8, 4) is 0 Å². The predicted molar refractivity (Wildman–Crippen MR) is 83.2 cm³/mol. The minimum absolute atomic E-state index is 0.0193. The number of nitrogens with zero attached hydrogens (tertiary/aromatic N) is 1. The zero-order chi connectivity index (χ0) is 19.4. The first-order chi connectivity index (χ1) is 11.3. The summed E-state index contributed by atoms with van der Waals surface area (Å²) in [4.78, 5) is 26.8. The van der Waals surface area contributed by atoms with Crippen LogP contribution in [0.25, 0.3) is 0 Å². The lowest BCUT2D eigenvalue weighted by Crippen LogP contribution is -2.42. The summed E-state index contributed by atoms with van der Waals surface area (Å²) in [6, 6.07) is 0.433. The van der Waals surface area contributed by atoms with Crippen molar-refractivity contribution in [3.63, 3.8) is 0 Å². The monoisotopic (exact) mass is 362 g/mol. The van der Waals surface area contributed by atoms with Crippen molar-refractivity contribution in [2.75, 3.05) is 6.61 Å². The third-order valence-electron chi connectivity index (χ3n) is 3.17. The van der Waals surface area contributed by atoms with Crippen molar-refractivity contribution in [2.45, 2.75) is 51.9 Å². The first kappa shape index (κ1) is 20.9. The van der Waals surface area contributed by atoms with Crippen molar-refractivity contribution in [2.24, 2.45) is 0 Å². The Bertz CT molecular complexity index is 639. The maximum atomic E-state index is 12.6. The number of rotatable bonds is 6. The lowest BCUT2D eigenvalue weighted by molar-refractivity contribution is -0.141. The molecular weight excluding hydrogens is 341 g/mol. The van der Waals surface area contributed by atoms with Gasteiger partial charge in [0.05, 0.1) is 16.9 Å². The van der Waals surface area contributed by atoms with E-state index in [1.54, 1.807) is 20.8 Å². The molecule has 0 radical (unpaired) electrons. The van der Waals surface area contributed by atoms with Crippen LogP contribution in [0.1, 0.15) is 48.9 Å². The van der Waals surface area contributed by atoms with Gasteiger partial charge in [-0.15, -0.1) is 0 Å². The summed E-state index contributed by atoms with van der Waals surface area (Å²) >= 11 is 0. The highest BCUT2D eigenvalue weighted by Crippen LogP contribution is 2.28. The number of aliphatic carboxylic acids is 1. The number of carbonyl (C=O) groups is 2. The fourth-order valence-electron chi connectivity index (χ4n) is 1.94. The smallest absolute Gasteiger partial charge is 0.433 e. The molecule has 0 aliphatic carbocycles. The molecule has 140 valence electrons. The van der Waals surface area contributed by atoms with Crippen molar-refractivity contribution in [3.05, 3.63) is 29.1 Å². The van der Waals surface area contributed by atoms with Gasteiger partial charge in [-0.2, -0.15) is 13.2 Å². The molecule has 1 aromatic heterocycles. The van der Waals surface area contributed by atoms with Gasteiger partial charge in [-0.25, -0.2) is 9.78 Å². The number of hydrogen-bond acceptors (Lipinski definition) is 4. The number of carbonyl (C=O) groups excluding carboxylic acids is 1. The third kappa shape index (κ3) is 6.69. The second-order valence-electron chi connectivity index (χ2n) is 6.44. The van der Waals surface area contributed by atoms with Crippen LogP contribution < -0.4 is 5.32 Å². The van der Waals surface area contributed by atoms with E-state index in [1.807, 2.05) is 0 Å². The summed E-state index contributed by atoms with van der Waals surface area (Å²) in [5.74, 6) is -2.06. The van der Waals surface area contributed by atoms with E-state index in [0.717, 1.165) is 6.07 Å². The third-order valence-corrected chi connectivity index (χ3v) is 3.17. The second-order valence-corrected chi connectivity index (χ2v) is 6.44. The van der Waals surface area contributed by atoms with Crippen LogP contribution in [0.3, 0.4) is 0 Å². The molecule has 1 heterocycles. The van der Waals surface area contributed by atoms with Gasteiger partial charge in [0.2, 0.25) is 0 Å². The van der Waals surface area contributed by atoms with Crippen molar-refractivity contribution >= 4 is 11.9 Å². The molecule has 0 saturated heterocycles. The maximum Gasteiger partial charge on any atom is 0.433 e. The summed E-state index contributed by atoms with van der Waals surface area (Å²) in [5, 5.41) is 11.5. The highest BCUT2D eigenvalue weighted by molar-refractivity contribution is 5.97. The number of nitrogens with one attached hydrogen (secondary N) is 1. The Balaban J connectivity index is 2.82. The molecule has 1 amide bonds. The van der Waals surface area contributed by atoms with E-state index in [2.05, 4.69) is 10.3 Å². The number of hydrogen-bond donors (Lipinski definition) is 2. The van der Waals surface area contributed by atoms with Crippen molar-refractivity contribution in [1.82, 2.24) is 10.3 Å². The fraction of sp³-hybridized carbons (Fsp3) is 0.562. The zero-order valence-electron chi connectivity index (χ0n) is 14.4. The van der Waals surface area contributed by atoms with Crippen molar-refractivity contribution in [1.29, 1.82) is 0 Å². The van der Waals surface area contributed by atoms with E-state index in [0.29, 0.717) is 6.07 Å². The predicted octanol–water partition coefficient (Wildman–Crippen LogP) is 2.80. The van der Waals surface area contributed by atoms with Crippen LogP contribution >= 0.6 is 0 Å². The van der Waals surface area contributed by atoms with Gasteiger partial charge in [-0.05, 0) is 39.8 Å². The number of aryl methyl sites for hydroxylation is 1. The molecule has 0 bridgehead atoms. The Hall–Kier alpha value is -2.16. The second kappa shape index (κ2) is 7.81. The fourth-order valence-corrected chi connectivity index (χ4v) is 1.94. The Morgan fingerprint density at radius 1 is 1.28 bits per heavy atom. The molecule has 2 N–H and O–H groups in total. The molecule has 0 saturated carbocycles. The number of pyridine rings is 1. The number of halogens is 3. The number of carboxylic acid groups (broad SMARTS) is 1. The van der Waals surface area contributed by atoms with Gasteiger partial charge in [0.1, 0.15) is 11.7 Å². The van der Waals surface area contributed by atoms with Gasteiger partial charge in [-0.1, -0.05) is 0 Å². The molecular formula is C16H21F3N2O4. The standard InChI is InChI=1S/C16H21F3N2O4/c1-9-10(5-6-12(20-9)16(17,18)19)13(22)21-11(14(23)24)7-8-25-15(2,3)4/h5-6,11H,7-8H2,1-4H3,(H,21,22)(H,23,24). The number of aromatic nitrogens is 1. The average molecular weight is 362 g/mol. The van der Waals surface area contributed by atoms with Gasteiger partial charge in [-0.3, -0.25) is 4.79 Å². The molecule has 0 fully saturated rings. The van der Waals surface area contributed by atoms with Gasteiger partial charge in [0.25, 0.3) is 5.91 Å². The average Bonchev–Trinajstić information content (AvgIpc) is 2.43. The van der Waals surface area contributed by atoms with E-state index in [-0.39, 0.29) is 24.3 Å². The van der Waals surface area contributed by atoms with E-state index in [4.69, 9.17) is 4.74 Å². The number of alkyl halides is 3. The molecule has 0 aliphatic rings. The van der Waals surface area contributed by atoms with Crippen LogP contribution in [0.4, 0.5) is 13.2 Å². The molecule has 1 aromatic rings. The van der Waals surface area contributed by atoms with Gasteiger partial charge >= 0.3 is 12.1 Å². The lowest BCUT2D eigenvalue weighted by Gasteiger charge is -2.21. The van der Waals surface area contributed by atoms with Gasteiger partial charge < -0.3 is 15.2 Å². The first-order valence-electron chi connectivity index (χ1n) is 7.54. The van der Waals surface area contributed by atoms with Crippen LogP contribution in [0.15, 0.2) is 12.1 Å². The summed E-state index contributed by atoms with van der Waals surface area (Å²) in [7, 11) is 0. The minimum atomic E-state index is -4.62. The molecule has 6 nitrogen and oxygen atoms in total. The Morgan fingerprint density at radius 2 is 1.88 bits per heavy atom.